The van der Waals surface area contributed by atoms with Crippen LogP contribution >= 0.6 is 0 Å². The number of carbonyl (C=O) groups is 1. The van der Waals surface area contributed by atoms with Crippen molar-refractivity contribution in [3.05, 3.63) is 75.8 Å². The molecule has 0 heterocycles. The maximum absolute atomic E-state index is 11.8. The molecule has 0 saturated carbocycles. The maximum Gasteiger partial charge on any atom is 0.282 e. The minimum atomic E-state index is -0.621. The van der Waals surface area contributed by atoms with Crippen LogP contribution in [0.4, 0.5) is 5.69 Å². The first kappa shape index (κ1) is 13.4. The summed E-state index contributed by atoms with van der Waals surface area (Å²) < 4.78 is 0. The Hall–Kier alpha value is -3.02. The van der Waals surface area contributed by atoms with Gasteiger partial charge in [-0.05, 0) is 11.6 Å². The predicted molar refractivity (Wildman–Crippen MR) is 74.6 cm³/mol. The average molecular weight is 269 g/mol. The van der Waals surface area contributed by atoms with Crippen LogP contribution in [0.1, 0.15) is 15.9 Å². The highest BCUT2D eigenvalue weighted by Crippen LogP contribution is 2.17. The second kappa shape index (κ2) is 6.24. The Kier molecular flexibility index (Phi) is 4.18. The van der Waals surface area contributed by atoms with E-state index in [2.05, 4.69) is 10.5 Å². The third kappa shape index (κ3) is 3.26. The van der Waals surface area contributed by atoms with Crippen LogP contribution in [-0.2, 0) is 0 Å². The van der Waals surface area contributed by atoms with E-state index in [1.54, 1.807) is 6.07 Å². The number of amides is 1. The molecule has 0 aromatic heterocycles. The summed E-state index contributed by atoms with van der Waals surface area (Å²) in [6.45, 7) is 0. The quantitative estimate of drug-likeness (QED) is 0.525. The van der Waals surface area contributed by atoms with Crippen LogP contribution in [0.3, 0.4) is 0 Å². The minimum absolute atomic E-state index is 0.0253. The van der Waals surface area contributed by atoms with Gasteiger partial charge in [0.1, 0.15) is 5.56 Å². The number of para-hydroxylation sites is 1. The van der Waals surface area contributed by atoms with Crippen molar-refractivity contribution < 1.29 is 9.72 Å². The van der Waals surface area contributed by atoms with Crippen molar-refractivity contribution in [3.8, 4) is 0 Å². The van der Waals surface area contributed by atoms with Gasteiger partial charge in [-0.25, -0.2) is 5.43 Å². The molecule has 20 heavy (non-hydrogen) atoms. The van der Waals surface area contributed by atoms with E-state index in [0.717, 1.165) is 5.56 Å². The van der Waals surface area contributed by atoms with E-state index in [9.17, 15) is 14.9 Å². The number of nitro groups is 1. The van der Waals surface area contributed by atoms with E-state index in [4.69, 9.17) is 0 Å². The van der Waals surface area contributed by atoms with E-state index in [0.29, 0.717) is 0 Å². The highest BCUT2D eigenvalue weighted by Gasteiger charge is 2.18. The first-order valence-electron chi connectivity index (χ1n) is 5.80. The zero-order valence-electron chi connectivity index (χ0n) is 10.4. The van der Waals surface area contributed by atoms with Gasteiger partial charge < -0.3 is 0 Å². The van der Waals surface area contributed by atoms with Gasteiger partial charge in [-0.1, -0.05) is 42.5 Å². The van der Waals surface area contributed by atoms with Crippen molar-refractivity contribution in [2.75, 3.05) is 0 Å². The zero-order valence-corrected chi connectivity index (χ0v) is 10.4. The Morgan fingerprint density at radius 2 is 1.75 bits per heavy atom. The molecule has 0 radical (unpaired) electrons. The lowest BCUT2D eigenvalue weighted by Gasteiger charge is -2.00. The second-order valence-corrected chi connectivity index (χ2v) is 3.88. The molecule has 0 bridgehead atoms. The summed E-state index contributed by atoms with van der Waals surface area (Å²) >= 11 is 0. The molecule has 6 heteroatoms. The molecule has 100 valence electrons. The number of rotatable bonds is 4. The van der Waals surface area contributed by atoms with E-state index < -0.39 is 10.8 Å². The SMILES string of the molecule is O=C(N/N=C\c1ccccc1)c1ccccc1[N+](=O)[O-]. The third-order valence-corrected chi connectivity index (χ3v) is 2.52. The minimum Gasteiger partial charge on any atom is -0.267 e. The molecule has 0 unspecified atom stereocenters. The number of hydrogen-bond acceptors (Lipinski definition) is 4. The lowest BCUT2D eigenvalue weighted by atomic mass is 10.2. The van der Waals surface area contributed by atoms with Crippen LogP contribution in [0.2, 0.25) is 0 Å². The Morgan fingerprint density at radius 1 is 1.10 bits per heavy atom. The predicted octanol–water partition coefficient (Wildman–Crippen LogP) is 2.36. The molecule has 2 rings (SSSR count). The molecule has 1 amide bonds. The molecule has 0 fully saturated rings. The summed E-state index contributed by atoms with van der Waals surface area (Å²) in [5.74, 6) is -0.621. The lowest BCUT2D eigenvalue weighted by molar-refractivity contribution is -0.385. The smallest absolute Gasteiger partial charge is 0.267 e. The fourth-order valence-electron chi connectivity index (χ4n) is 1.59. The number of hydrazone groups is 1. The van der Waals surface area contributed by atoms with Crippen LogP contribution in [-0.4, -0.2) is 17.0 Å². The topological polar surface area (TPSA) is 84.6 Å². The summed E-state index contributed by atoms with van der Waals surface area (Å²) in [5, 5.41) is 14.6. The van der Waals surface area contributed by atoms with Gasteiger partial charge in [-0.15, -0.1) is 0 Å². The Balaban J connectivity index is 2.10. The van der Waals surface area contributed by atoms with E-state index in [1.807, 2.05) is 30.3 Å². The summed E-state index contributed by atoms with van der Waals surface area (Å²) in [7, 11) is 0. The van der Waals surface area contributed by atoms with Crippen LogP contribution < -0.4 is 5.43 Å². The van der Waals surface area contributed by atoms with Crippen molar-refractivity contribution in [2.45, 2.75) is 0 Å². The van der Waals surface area contributed by atoms with Crippen molar-refractivity contribution >= 4 is 17.8 Å². The summed E-state index contributed by atoms with van der Waals surface area (Å²) in [4.78, 5) is 22.0. The third-order valence-electron chi connectivity index (χ3n) is 2.52. The van der Waals surface area contributed by atoms with E-state index in [-0.39, 0.29) is 11.3 Å². The van der Waals surface area contributed by atoms with Gasteiger partial charge in [0.2, 0.25) is 0 Å². The van der Waals surface area contributed by atoms with Gasteiger partial charge in [0, 0.05) is 6.07 Å². The Morgan fingerprint density at radius 3 is 2.45 bits per heavy atom. The van der Waals surface area contributed by atoms with Gasteiger partial charge in [0.15, 0.2) is 0 Å². The lowest BCUT2D eigenvalue weighted by Crippen LogP contribution is -2.18. The van der Waals surface area contributed by atoms with Crippen molar-refractivity contribution in [3.63, 3.8) is 0 Å². The van der Waals surface area contributed by atoms with Crippen molar-refractivity contribution in [2.24, 2.45) is 5.10 Å². The molecule has 1 N–H and O–H groups in total. The second-order valence-electron chi connectivity index (χ2n) is 3.88. The molecule has 0 aliphatic heterocycles. The average Bonchev–Trinajstić information content (AvgIpc) is 2.48. The summed E-state index contributed by atoms with van der Waals surface area (Å²) in [6.07, 6.45) is 1.46. The van der Waals surface area contributed by atoms with Crippen LogP contribution in [0.25, 0.3) is 0 Å². The highest BCUT2D eigenvalue weighted by atomic mass is 16.6. The molecule has 0 spiro atoms. The highest BCUT2D eigenvalue weighted by molar-refractivity contribution is 5.98. The number of nitrogens with zero attached hydrogens (tertiary/aromatic N) is 2. The zero-order chi connectivity index (χ0) is 14.4. The fraction of sp³-hybridized carbons (Fsp3) is 0. The normalized spacial score (nSPS) is 10.4. The molecule has 0 aliphatic carbocycles. The molecule has 6 nitrogen and oxygen atoms in total. The van der Waals surface area contributed by atoms with Gasteiger partial charge >= 0.3 is 0 Å². The largest absolute Gasteiger partial charge is 0.282 e. The summed E-state index contributed by atoms with van der Waals surface area (Å²) in [6, 6.07) is 14.9. The Bertz CT molecular complexity index is 654. The molecular weight excluding hydrogens is 258 g/mol. The number of nitrogens with one attached hydrogen (secondary N) is 1. The number of nitro benzene ring substituents is 1. The van der Waals surface area contributed by atoms with Gasteiger partial charge in [0.05, 0.1) is 11.1 Å². The standard InChI is InChI=1S/C14H11N3O3/c18-14(12-8-4-5-9-13(12)17(19)20)16-15-10-11-6-2-1-3-7-11/h1-10H,(H,16,18)/b15-10-. The first-order valence-corrected chi connectivity index (χ1v) is 5.80. The fourth-order valence-corrected chi connectivity index (χ4v) is 1.59. The molecule has 0 atom stereocenters. The summed E-state index contributed by atoms with van der Waals surface area (Å²) in [5.41, 5.74) is 2.81. The van der Waals surface area contributed by atoms with Crippen LogP contribution in [0, 0.1) is 10.1 Å². The van der Waals surface area contributed by atoms with E-state index in [1.165, 1.54) is 24.4 Å². The van der Waals surface area contributed by atoms with Crippen LogP contribution in [0.15, 0.2) is 59.7 Å². The molecule has 2 aromatic rings. The number of benzene rings is 2. The number of carbonyl (C=O) groups excluding carboxylic acids is 1. The number of hydrogen-bond donors (Lipinski definition) is 1. The molecule has 0 aliphatic rings. The van der Waals surface area contributed by atoms with Gasteiger partial charge in [-0.2, -0.15) is 5.10 Å². The molecule has 2 aromatic carbocycles. The van der Waals surface area contributed by atoms with Gasteiger partial charge in [-0.3, -0.25) is 14.9 Å². The van der Waals surface area contributed by atoms with E-state index >= 15 is 0 Å². The maximum atomic E-state index is 11.8. The monoisotopic (exact) mass is 269 g/mol. The van der Waals surface area contributed by atoms with Crippen molar-refractivity contribution in [1.82, 2.24) is 5.43 Å². The first-order chi connectivity index (χ1) is 9.68. The van der Waals surface area contributed by atoms with Gasteiger partial charge in [0.25, 0.3) is 11.6 Å². The van der Waals surface area contributed by atoms with Crippen LogP contribution in [0.5, 0.6) is 0 Å². The van der Waals surface area contributed by atoms with Crippen molar-refractivity contribution in [1.29, 1.82) is 0 Å². The molecular formula is C14H11N3O3. The molecule has 0 saturated heterocycles. The Labute approximate surface area is 114 Å².